The summed E-state index contributed by atoms with van der Waals surface area (Å²) in [6.45, 7) is -0.495. The molecule has 0 aliphatic heterocycles. The molecule has 0 saturated heterocycles. The fourth-order valence-electron chi connectivity index (χ4n) is 1.58. The van der Waals surface area contributed by atoms with Gasteiger partial charge in [0.2, 0.25) is 10.0 Å². The normalized spacial score (nSPS) is 12.9. The average Bonchev–Trinajstić information content (AvgIpc) is 2.35. The highest BCUT2D eigenvalue weighted by atomic mass is 35.5. The number of nitrogens with zero attached hydrogens (tertiary/aromatic N) is 1. The molecular weight excluding hydrogens is 317 g/mol. The zero-order valence-electron chi connectivity index (χ0n) is 10.6. The smallest absolute Gasteiger partial charge is 0.326 e. The van der Waals surface area contributed by atoms with E-state index in [0.717, 1.165) is 6.07 Å². The Hall–Kier alpha value is -0.830. The van der Waals surface area contributed by atoms with Crippen LogP contribution in [0, 0.1) is 0 Å². The Balaban J connectivity index is 3.20. The molecule has 0 heterocycles. The third-order valence-electron chi connectivity index (χ3n) is 2.58. The standard InChI is InChI=1S/C11H14ClF3N2O2S/c1-2-17(7-11(13,14)15)20(18,19)9-3-4-10(12)8(5-9)6-16/h3-5H,2,6-7,16H2,1H3. The van der Waals surface area contributed by atoms with Crippen LogP contribution in [0.25, 0.3) is 0 Å². The van der Waals surface area contributed by atoms with Crippen molar-refractivity contribution < 1.29 is 21.6 Å². The molecule has 0 amide bonds. The number of benzene rings is 1. The van der Waals surface area contributed by atoms with Gasteiger partial charge in [-0.2, -0.15) is 17.5 Å². The van der Waals surface area contributed by atoms with Gasteiger partial charge in [-0.05, 0) is 23.8 Å². The lowest BCUT2D eigenvalue weighted by Crippen LogP contribution is -2.38. The molecule has 0 aliphatic carbocycles. The second kappa shape index (κ2) is 6.30. The molecule has 114 valence electrons. The van der Waals surface area contributed by atoms with Crippen molar-refractivity contribution in [2.75, 3.05) is 13.1 Å². The Morgan fingerprint density at radius 2 is 1.95 bits per heavy atom. The maximum Gasteiger partial charge on any atom is 0.402 e. The number of halogens is 4. The first-order valence-electron chi connectivity index (χ1n) is 5.67. The Labute approximate surface area is 120 Å². The topological polar surface area (TPSA) is 63.4 Å². The first kappa shape index (κ1) is 17.2. The van der Waals surface area contributed by atoms with Gasteiger partial charge in [-0.3, -0.25) is 0 Å². The van der Waals surface area contributed by atoms with Crippen molar-refractivity contribution in [1.82, 2.24) is 4.31 Å². The Morgan fingerprint density at radius 3 is 2.40 bits per heavy atom. The van der Waals surface area contributed by atoms with Crippen molar-refractivity contribution in [3.63, 3.8) is 0 Å². The second-order valence-corrected chi connectivity index (χ2v) is 6.35. The van der Waals surface area contributed by atoms with E-state index in [4.69, 9.17) is 17.3 Å². The maximum atomic E-state index is 12.4. The SMILES string of the molecule is CCN(CC(F)(F)F)S(=O)(=O)c1ccc(Cl)c(CN)c1. The number of alkyl halides is 3. The van der Waals surface area contributed by atoms with Crippen LogP contribution in [0.3, 0.4) is 0 Å². The molecule has 0 fully saturated rings. The largest absolute Gasteiger partial charge is 0.402 e. The average molecular weight is 331 g/mol. The predicted molar refractivity (Wildman–Crippen MR) is 69.8 cm³/mol. The highest BCUT2D eigenvalue weighted by Crippen LogP contribution is 2.25. The van der Waals surface area contributed by atoms with Gasteiger partial charge < -0.3 is 5.73 Å². The highest BCUT2D eigenvalue weighted by Gasteiger charge is 2.36. The van der Waals surface area contributed by atoms with Crippen molar-refractivity contribution in [3.05, 3.63) is 28.8 Å². The molecule has 0 atom stereocenters. The van der Waals surface area contributed by atoms with E-state index in [0.29, 0.717) is 9.87 Å². The van der Waals surface area contributed by atoms with Crippen molar-refractivity contribution in [2.24, 2.45) is 5.73 Å². The van der Waals surface area contributed by atoms with Crippen LogP contribution in [0.5, 0.6) is 0 Å². The van der Waals surface area contributed by atoms with E-state index in [1.807, 2.05) is 0 Å². The summed E-state index contributed by atoms with van der Waals surface area (Å²) in [7, 11) is -4.23. The van der Waals surface area contributed by atoms with Gasteiger partial charge in [0.25, 0.3) is 0 Å². The van der Waals surface area contributed by atoms with Gasteiger partial charge in [-0.15, -0.1) is 0 Å². The number of rotatable bonds is 5. The monoisotopic (exact) mass is 330 g/mol. The van der Waals surface area contributed by atoms with Crippen LogP contribution in [0.4, 0.5) is 13.2 Å². The molecule has 0 saturated carbocycles. The minimum atomic E-state index is -4.60. The van der Waals surface area contributed by atoms with Crippen molar-refractivity contribution in [2.45, 2.75) is 24.5 Å². The Bertz CT molecular complexity index is 576. The van der Waals surface area contributed by atoms with Gasteiger partial charge in [-0.25, -0.2) is 8.42 Å². The highest BCUT2D eigenvalue weighted by molar-refractivity contribution is 7.89. The number of nitrogens with two attached hydrogens (primary N) is 1. The molecule has 0 bridgehead atoms. The Morgan fingerprint density at radius 1 is 1.35 bits per heavy atom. The van der Waals surface area contributed by atoms with Crippen molar-refractivity contribution in [3.8, 4) is 0 Å². The number of sulfonamides is 1. The van der Waals surface area contributed by atoms with E-state index in [9.17, 15) is 21.6 Å². The van der Waals surface area contributed by atoms with E-state index in [1.54, 1.807) is 0 Å². The lowest BCUT2D eigenvalue weighted by Gasteiger charge is -2.22. The molecule has 0 aromatic heterocycles. The predicted octanol–water partition coefficient (Wildman–Crippen LogP) is 2.37. The summed E-state index contributed by atoms with van der Waals surface area (Å²) in [5, 5.41) is 0.269. The van der Waals surface area contributed by atoms with Gasteiger partial charge in [0.05, 0.1) is 4.90 Å². The van der Waals surface area contributed by atoms with Crippen LogP contribution in [0.15, 0.2) is 23.1 Å². The maximum absolute atomic E-state index is 12.4. The summed E-state index contributed by atoms with van der Waals surface area (Å²) in [5.74, 6) is 0. The zero-order valence-corrected chi connectivity index (χ0v) is 12.2. The summed E-state index contributed by atoms with van der Waals surface area (Å²) >= 11 is 5.80. The fourth-order valence-corrected chi connectivity index (χ4v) is 3.26. The molecular formula is C11H14ClF3N2O2S. The van der Waals surface area contributed by atoms with Crippen LogP contribution < -0.4 is 5.73 Å². The molecule has 20 heavy (non-hydrogen) atoms. The first-order chi connectivity index (χ1) is 9.11. The molecule has 1 aromatic rings. The van der Waals surface area contributed by atoms with Crippen LogP contribution >= 0.6 is 11.6 Å². The van der Waals surface area contributed by atoms with Crippen LogP contribution in [-0.2, 0) is 16.6 Å². The van der Waals surface area contributed by atoms with E-state index in [2.05, 4.69) is 0 Å². The van der Waals surface area contributed by atoms with Gasteiger partial charge in [0.15, 0.2) is 0 Å². The number of hydrogen-bond acceptors (Lipinski definition) is 3. The lowest BCUT2D eigenvalue weighted by atomic mass is 10.2. The fraction of sp³-hybridized carbons (Fsp3) is 0.455. The molecule has 0 unspecified atom stereocenters. The zero-order chi connectivity index (χ0) is 15.6. The third-order valence-corrected chi connectivity index (χ3v) is 4.87. The summed E-state index contributed by atoms with van der Waals surface area (Å²) in [5.41, 5.74) is 5.76. The molecule has 0 radical (unpaired) electrons. The van der Waals surface area contributed by atoms with Gasteiger partial charge >= 0.3 is 6.18 Å². The van der Waals surface area contributed by atoms with E-state index in [1.165, 1.54) is 19.1 Å². The first-order valence-corrected chi connectivity index (χ1v) is 7.49. The minimum absolute atomic E-state index is 0.00636. The minimum Gasteiger partial charge on any atom is -0.326 e. The van der Waals surface area contributed by atoms with Crippen LogP contribution in [0.1, 0.15) is 12.5 Å². The molecule has 0 spiro atoms. The van der Waals surface area contributed by atoms with Gasteiger partial charge in [-0.1, -0.05) is 18.5 Å². The summed E-state index contributed by atoms with van der Waals surface area (Å²) in [4.78, 5) is -0.256. The van der Waals surface area contributed by atoms with Crippen molar-refractivity contribution >= 4 is 21.6 Å². The molecule has 1 aromatic carbocycles. The summed E-state index contributed by atoms with van der Waals surface area (Å²) in [6.07, 6.45) is -4.60. The van der Waals surface area contributed by atoms with Crippen molar-refractivity contribution in [1.29, 1.82) is 0 Å². The molecule has 9 heteroatoms. The van der Waals surface area contributed by atoms with E-state index >= 15 is 0 Å². The summed E-state index contributed by atoms with van der Waals surface area (Å²) < 4.78 is 61.9. The molecule has 4 nitrogen and oxygen atoms in total. The van der Waals surface area contributed by atoms with E-state index < -0.39 is 22.7 Å². The van der Waals surface area contributed by atoms with Gasteiger partial charge in [0, 0.05) is 18.1 Å². The number of hydrogen-bond donors (Lipinski definition) is 1. The van der Waals surface area contributed by atoms with Crippen LogP contribution in [-0.4, -0.2) is 32.0 Å². The lowest BCUT2D eigenvalue weighted by molar-refractivity contribution is -0.135. The molecule has 0 aliphatic rings. The van der Waals surface area contributed by atoms with E-state index in [-0.39, 0.29) is 23.0 Å². The molecule has 1 rings (SSSR count). The second-order valence-electron chi connectivity index (χ2n) is 4.00. The molecule has 2 N–H and O–H groups in total. The van der Waals surface area contributed by atoms with Gasteiger partial charge in [0.1, 0.15) is 6.54 Å². The summed E-state index contributed by atoms with van der Waals surface area (Å²) in [6, 6.07) is 3.66. The Kier molecular flexibility index (Phi) is 5.42. The third kappa shape index (κ3) is 4.08. The quantitative estimate of drug-likeness (QED) is 0.901. The van der Waals surface area contributed by atoms with Crippen LogP contribution in [0.2, 0.25) is 5.02 Å².